The van der Waals surface area contributed by atoms with E-state index in [0.717, 1.165) is 18.8 Å². The Morgan fingerprint density at radius 1 is 0.692 bits per heavy atom. The van der Waals surface area contributed by atoms with Gasteiger partial charge in [-0.2, -0.15) is 0 Å². The highest BCUT2D eigenvalue weighted by atomic mass is 16.5. The molecular weight excluding hydrogens is 316 g/mol. The van der Waals surface area contributed by atoms with Gasteiger partial charge in [0.05, 0.1) is 6.61 Å². The summed E-state index contributed by atoms with van der Waals surface area (Å²) in [6.07, 6.45) is 10.7. The molecule has 0 aliphatic rings. The molecule has 0 heterocycles. The molecule has 0 radical (unpaired) electrons. The highest BCUT2D eigenvalue weighted by Gasteiger charge is 2.06. The first-order valence-corrected chi connectivity index (χ1v) is 10.4. The van der Waals surface area contributed by atoms with Crippen molar-refractivity contribution in [1.29, 1.82) is 0 Å². The van der Waals surface area contributed by atoms with Crippen LogP contribution in [0.4, 0.5) is 0 Å². The molecule has 0 unspecified atom stereocenters. The van der Waals surface area contributed by atoms with Crippen LogP contribution in [0.3, 0.4) is 0 Å². The van der Waals surface area contributed by atoms with Crippen LogP contribution in [0.1, 0.15) is 75.0 Å². The third kappa shape index (κ3) is 6.52. The van der Waals surface area contributed by atoms with Crippen LogP contribution >= 0.6 is 0 Å². The van der Waals surface area contributed by atoms with E-state index >= 15 is 0 Å². The third-order valence-corrected chi connectivity index (χ3v) is 5.25. The summed E-state index contributed by atoms with van der Waals surface area (Å²) in [6, 6.07) is 13.1. The summed E-state index contributed by atoms with van der Waals surface area (Å²) in [5, 5.41) is 0. The van der Waals surface area contributed by atoms with Crippen molar-refractivity contribution in [3.8, 4) is 16.9 Å². The Morgan fingerprint density at radius 3 is 2.08 bits per heavy atom. The van der Waals surface area contributed by atoms with Crippen molar-refractivity contribution in [3.05, 3.63) is 53.1 Å². The maximum Gasteiger partial charge on any atom is 0.119 e. The van der Waals surface area contributed by atoms with Crippen LogP contribution in [-0.4, -0.2) is 6.61 Å². The summed E-state index contributed by atoms with van der Waals surface area (Å²) < 4.78 is 6.01. The molecule has 0 atom stereocenters. The van der Waals surface area contributed by atoms with Gasteiger partial charge in [0.2, 0.25) is 0 Å². The van der Waals surface area contributed by atoms with E-state index in [9.17, 15) is 0 Å². The minimum atomic E-state index is 0.824. The quantitative estimate of drug-likeness (QED) is 0.375. The van der Waals surface area contributed by atoms with Gasteiger partial charge in [0.15, 0.2) is 0 Å². The zero-order valence-corrected chi connectivity index (χ0v) is 17.2. The standard InChI is InChI=1S/C25H36O/c1-5-6-7-8-9-10-11-12-16-26-24-15-13-14-23(19-24)25-18-21(3)20(2)17-22(25)4/h13-15,17-19H,5-12,16H2,1-4H3. The second-order valence-electron chi connectivity index (χ2n) is 7.60. The number of hydrogen-bond acceptors (Lipinski definition) is 1. The molecule has 0 saturated heterocycles. The van der Waals surface area contributed by atoms with E-state index < -0.39 is 0 Å². The summed E-state index contributed by atoms with van der Waals surface area (Å²) >= 11 is 0. The molecule has 0 aliphatic heterocycles. The lowest BCUT2D eigenvalue weighted by molar-refractivity contribution is 0.304. The van der Waals surface area contributed by atoms with Crippen LogP contribution in [0.2, 0.25) is 0 Å². The van der Waals surface area contributed by atoms with Gasteiger partial charge in [0.1, 0.15) is 5.75 Å². The third-order valence-electron chi connectivity index (χ3n) is 5.25. The van der Waals surface area contributed by atoms with E-state index in [1.165, 1.54) is 72.8 Å². The van der Waals surface area contributed by atoms with E-state index in [2.05, 4.69) is 64.1 Å². The fourth-order valence-corrected chi connectivity index (χ4v) is 3.45. The summed E-state index contributed by atoms with van der Waals surface area (Å²) in [5.74, 6) is 0.989. The molecule has 0 amide bonds. The van der Waals surface area contributed by atoms with Crippen molar-refractivity contribution in [3.63, 3.8) is 0 Å². The number of benzene rings is 2. The number of hydrogen-bond donors (Lipinski definition) is 0. The van der Waals surface area contributed by atoms with Gasteiger partial charge in [-0.05, 0) is 67.1 Å². The van der Waals surface area contributed by atoms with Gasteiger partial charge in [0.25, 0.3) is 0 Å². The number of rotatable bonds is 11. The van der Waals surface area contributed by atoms with Gasteiger partial charge < -0.3 is 4.74 Å². The topological polar surface area (TPSA) is 9.23 Å². The van der Waals surface area contributed by atoms with Crippen LogP contribution in [0.25, 0.3) is 11.1 Å². The molecule has 0 aromatic heterocycles. The van der Waals surface area contributed by atoms with E-state index in [0.29, 0.717) is 0 Å². The molecular formula is C25H36O. The van der Waals surface area contributed by atoms with Gasteiger partial charge >= 0.3 is 0 Å². The van der Waals surface area contributed by atoms with E-state index in [1.807, 2.05) is 0 Å². The second kappa shape index (κ2) is 11.1. The zero-order valence-electron chi connectivity index (χ0n) is 17.2. The molecule has 0 bridgehead atoms. The van der Waals surface area contributed by atoms with Gasteiger partial charge in [-0.1, -0.05) is 76.1 Å². The molecule has 26 heavy (non-hydrogen) atoms. The van der Waals surface area contributed by atoms with Gasteiger partial charge in [0, 0.05) is 0 Å². The fourth-order valence-electron chi connectivity index (χ4n) is 3.45. The van der Waals surface area contributed by atoms with E-state index in [1.54, 1.807) is 0 Å². The SMILES string of the molecule is CCCCCCCCCCOc1cccc(-c2cc(C)c(C)cc2C)c1. The molecule has 142 valence electrons. The fraction of sp³-hybridized carbons (Fsp3) is 0.520. The van der Waals surface area contributed by atoms with Crippen LogP contribution in [0, 0.1) is 20.8 Å². The van der Waals surface area contributed by atoms with Gasteiger partial charge in [-0.3, -0.25) is 0 Å². The van der Waals surface area contributed by atoms with E-state index in [-0.39, 0.29) is 0 Å². The molecule has 1 nitrogen and oxygen atoms in total. The highest BCUT2D eigenvalue weighted by molar-refractivity contribution is 5.70. The monoisotopic (exact) mass is 352 g/mol. The predicted octanol–water partition coefficient (Wildman–Crippen LogP) is 7.80. The van der Waals surface area contributed by atoms with Crippen molar-refractivity contribution < 1.29 is 4.74 Å². The Bertz CT molecular complexity index is 672. The highest BCUT2D eigenvalue weighted by Crippen LogP contribution is 2.29. The van der Waals surface area contributed by atoms with Crippen molar-refractivity contribution >= 4 is 0 Å². The second-order valence-corrected chi connectivity index (χ2v) is 7.60. The maximum absolute atomic E-state index is 6.01. The first-order chi connectivity index (χ1) is 12.6. The molecule has 0 fully saturated rings. The van der Waals surface area contributed by atoms with Crippen LogP contribution in [0.5, 0.6) is 5.75 Å². The number of unbranched alkanes of at least 4 members (excludes halogenated alkanes) is 7. The Balaban J connectivity index is 1.80. The Labute approximate surface area is 160 Å². The van der Waals surface area contributed by atoms with Crippen molar-refractivity contribution in [2.75, 3.05) is 6.61 Å². The molecule has 2 rings (SSSR count). The molecule has 2 aromatic rings. The molecule has 0 N–H and O–H groups in total. The van der Waals surface area contributed by atoms with Crippen molar-refractivity contribution in [1.82, 2.24) is 0 Å². The first-order valence-electron chi connectivity index (χ1n) is 10.4. The van der Waals surface area contributed by atoms with Crippen molar-refractivity contribution in [2.24, 2.45) is 0 Å². The molecule has 1 heteroatoms. The maximum atomic E-state index is 6.01. The van der Waals surface area contributed by atoms with E-state index in [4.69, 9.17) is 4.74 Å². The summed E-state index contributed by atoms with van der Waals surface area (Å²) in [5.41, 5.74) is 6.59. The van der Waals surface area contributed by atoms with Gasteiger partial charge in [-0.15, -0.1) is 0 Å². The molecule has 0 aliphatic carbocycles. The Hall–Kier alpha value is -1.76. The molecule has 0 spiro atoms. The van der Waals surface area contributed by atoms with Crippen LogP contribution in [0.15, 0.2) is 36.4 Å². The number of aryl methyl sites for hydroxylation is 3. The average Bonchev–Trinajstić information content (AvgIpc) is 2.63. The number of ether oxygens (including phenoxy) is 1. The summed E-state index contributed by atoms with van der Waals surface area (Å²) in [4.78, 5) is 0. The largest absolute Gasteiger partial charge is 0.494 e. The van der Waals surface area contributed by atoms with Crippen LogP contribution in [-0.2, 0) is 0 Å². The lowest BCUT2D eigenvalue weighted by atomic mass is 9.95. The minimum absolute atomic E-state index is 0.824. The van der Waals surface area contributed by atoms with Gasteiger partial charge in [-0.25, -0.2) is 0 Å². The Morgan fingerprint density at radius 2 is 1.35 bits per heavy atom. The lowest BCUT2D eigenvalue weighted by Gasteiger charge is -2.12. The summed E-state index contributed by atoms with van der Waals surface area (Å²) in [6.45, 7) is 9.64. The molecule has 2 aromatic carbocycles. The predicted molar refractivity (Wildman–Crippen MR) is 114 cm³/mol. The molecule has 0 saturated carbocycles. The van der Waals surface area contributed by atoms with Crippen molar-refractivity contribution in [2.45, 2.75) is 79.1 Å². The normalized spacial score (nSPS) is 10.9. The minimum Gasteiger partial charge on any atom is -0.494 e. The summed E-state index contributed by atoms with van der Waals surface area (Å²) in [7, 11) is 0. The Kier molecular flexibility index (Phi) is 8.74. The first kappa shape index (κ1) is 20.6. The zero-order chi connectivity index (χ0) is 18.8. The average molecular weight is 353 g/mol. The lowest BCUT2D eigenvalue weighted by Crippen LogP contribution is -1.97. The smallest absolute Gasteiger partial charge is 0.119 e. The van der Waals surface area contributed by atoms with Crippen LogP contribution < -0.4 is 4.74 Å².